The predicted octanol–water partition coefficient (Wildman–Crippen LogP) is 0.480. The molecule has 1 aromatic heterocycles. The number of carbonyl (C=O) groups excluding carboxylic acids is 1. The lowest BCUT2D eigenvalue weighted by molar-refractivity contribution is 0.108. The molecular weight excluding hydrogens is 124 g/mol. The fraction of sp³-hybridized carbons (Fsp3) is 0. The third-order valence-corrected chi connectivity index (χ3v) is 0.913. The van der Waals surface area contributed by atoms with E-state index >= 15 is 0 Å². The monoisotopic (exact) mass is 128 g/mol. The highest BCUT2D eigenvalue weighted by molar-refractivity contribution is 7.97. The molecule has 42 valence electrons. The average molecular weight is 128 g/mol. The van der Waals surface area contributed by atoms with Crippen molar-refractivity contribution in [1.82, 2.24) is 9.97 Å². The van der Waals surface area contributed by atoms with Crippen LogP contribution >= 0.6 is 12.6 Å². The number of imidazole rings is 1. The lowest BCUT2D eigenvalue weighted by Gasteiger charge is -1.79. The Morgan fingerprint density at radius 3 is 2.88 bits per heavy atom. The van der Waals surface area contributed by atoms with Crippen LogP contribution in [0.4, 0.5) is 0 Å². The van der Waals surface area contributed by atoms with Gasteiger partial charge in [-0.2, -0.15) is 0 Å². The lowest BCUT2D eigenvalue weighted by atomic mass is 10.7. The molecule has 0 spiro atoms. The van der Waals surface area contributed by atoms with Crippen molar-refractivity contribution in [2.45, 2.75) is 0 Å². The number of rotatable bonds is 1. The molecule has 1 N–H and O–H groups in total. The number of carbonyl (C=O) groups is 1. The first-order valence-electron chi connectivity index (χ1n) is 2.03. The molecule has 1 aromatic rings. The Balaban J connectivity index is 2.93. The summed E-state index contributed by atoms with van der Waals surface area (Å²) in [6, 6.07) is 0. The summed E-state index contributed by atoms with van der Waals surface area (Å²) in [5.41, 5.74) is 0. The van der Waals surface area contributed by atoms with Crippen LogP contribution < -0.4 is 0 Å². The molecule has 0 bridgehead atoms. The van der Waals surface area contributed by atoms with Crippen molar-refractivity contribution in [2.75, 3.05) is 0 Å². The van der Waals surface area contributed by atoms with Crippen molar-refractivity contribution in [3.05, 3.63) is 18.2 Å². The molecule has 4 heteroatoms. The van der Waals surface area contributed by atoms with Crippen molar-refractivity contribution in [3.63, 3.8) is 0 Å². The Morgan fingerprint density at radius 1 is 1.88 bits per heavy atom. The molecule has 3 nitrogen and oxygen atoms in total. The first-order valence-corrected chi connectivity index (χ1v) is 2.48. The molecule has 1 heterocycles. The van der Waals surface area contributed by atoms with Gasteiger partial charge in [0.25, 0.3) is 5.12 Å². The van der Waals surface area contributed by atoms with Crippen LogP contribution in [0.3, 0.4) is 0 Å². The van der Waals surface area contributed by atoms with E-state index < -0.39 is 0 Å². The topological polar surface area (TPSA) is 45.8 Å². The quantitative estimate of drug-likeness (QED) is 0.540. The van der Waals surface area contributed by atoms with Crippen molar-refractivity contribution >= 4 is 17.7 Å². The number of nitrogens with one attached hydrogen (secondary N) is 1. The zero-order valence-corrected chi connectivity index (χ0v) is 4.85. The molecule has 0 unspecified atom stereocenters. The van der Waals surface area contributed by atoms with Crippen LogP contribution in [0, 0.1) is 0 Å². The van der Waals surface area contributed by atoms with E-state index in [-0.39, 0.29) is 10.9 Å². The van der Waals surface area contributed by atoms with Crippen LogP contribution in [-0.4, -0.2) is 15.1 Å². The summed E-state index contributed by atoms with van der Waals surface area (Å²) in [6.07, 6.45) is 3.08. The maximum Gasteiger partial charge on any atom is 0.251 e. The first kappa shape index (κ1) is 5.37. The number of hydrogen-bond acceptors (Lipinski definition) is 2. The van der Waals surface area contributed by atoms with Gasteiger partial charge in [0.05, 0.1) is 0 Å². The van der Waals surface area contributed by atoms with Crippen LogP contribution in [-0.2, 0) is 0 Å². The first-order chi connectivity index (χ1) is 3.80. The molecule has 0 atom stereocenters. The van der Waals surface area contributed by atoms with Gasteiger partial charge in [0.15, 0.2) is 5.82 Å². The summed E-state index contributed by atoms with van der Waals surface area (Å²) in [4.78, 5) is 16.5. The molecule has 0 radical (unpaired) electrons. The fourth-order valence-corrected chi connectivity index (χ4v) is 0.505. The van der Waals surface area contributed by atoms with Gasteiger partial charge >= 0.3 is 0 Å². The second kappa shape index (κ2) is 2.00. The highest BCUT2D eigenvalue weighted by Gasteiger charge is 1.98. The minimum Gasteiger partial charge on any atom is -0.341 e. The van der Waals surface area contributed by atoms with Gasteiger partial charge in [0.1, 0.15) is 0 Å². The van der Waals surface area contributed by atoms with Gasteiger partial charge in [0.2, 0.25) is 0 Å². The smallest absolute Gasteiger partial charge is 0.251 e. The van der Waals surface area contributed by atoms with Crippen molar-refractivity contribution in [2.24, 2.45) is 0 Å². The van der Waals surface area contributed by atoms with E-state index in [9.17, 15) is 4.79 Å². The van der Waals surface area contributed by atoms with E-state index in [1.54, 1.807) is 6.20 Å². The standard InChI is InChI=1S/C4H4N2OS/c7-4(8)3-5-1-2-6-3/h1-2H,(H,5,6)(H,7,8). The van der Waals surface area contributed by atoms with Crippen molar-refractivity contribution in [1.29, 1.82) is 0 Å². The summed E-state index contributed by atoms with van der Waals surface area (Å²) in [6.45, 7) is 0. The Kier molecular flexibility index (Phi) is 1.34. The molecular formula is C4H4N2OS. The summed E-state index contributed by atoms with van der Waals surface area (Å²) in [5.74, 6) is 0.285. The normalized spacial score (nSPS) is 9.12. The molecule has 0 aliphatic carbocycles. The molecule has 0 aromatic carbocycles. The van der Waals surface area contributed by atoms with Gasteiger partial charge in [0, 0.05) is 12.4 Å². The van der Waals surface area contributed by atoms with E-state index in [2.05, 4.69) is 22.6 Å². The number of hydrogen-bond donors (Lipinski definition) is 2. The Hall–Kier alpha value is -0.770. The number of H-pyrrole nitrogens is 1. The van der Waals surface area contributed by atoms with E-state index in [1.165, 1.54) is 6.20 Å². The summed E-state index contributed by atoms with van der Waals surface area (Å²) >= 11 is 3.52. The van der Waals surface area contributed by atoms with E-state index in [1.807, 2.05) is 0 Å². The third kappa shape index (κ3) is 0.894. The van der Waals surface area contributed by atoms with E-state index in [4.69, 9.17) is 0 Å². The fourth-order valence-electron chi connectivity index (χ4n) is 0.382. The molecule has 8 heavy (non-hydrogen) atoms. The Morgan fingerprint density at radius 2 is 2.62 bits per heavy atom. The lowest BCUT2D eigenvalue weighted by Crippen LogP contribution is -1.89. The van der Waals surface area contributed by atoms with Crippen LogP contribution in [0.15, 0.2) is 12.4 Å². The summed E-state index contributed by atoms with van der Waals surface area (Å²) < 4.78 is 0. The number of nitrogens with zero attached hydrogens (tertiary/aromatic N) is 1. The minimum atomic E-state index is -0.338. The van der Waals surface area contributed by atoms with Gasteiger partial charge in [-0.25, -0.2) is 4.98 Å². The average Bonchev–Trinajstić information content (AvgIpc) is 2.12. The predicted molar refractivity (Wildman–Crippen MR) is 31.9 cm³/mol. The van der Waals surface area contributed by atoms with Gasteiger partial charge in [-0.1, -0.05) is 12.6 Å². The van der Waals surface area contributed by atoms with Gasteiger partial charge in [-0.3, -0.25) is 4.79 Å². The van der Waals surface area contributed by atoms with Crippen molar-refractivity contribution < 1.29 is 4.79 Å². The largest absolute Gasteiger partial charge is 0.341 e. The third-order valence-electron chi connectivity index (χ3n) is 0.701. The maximum absolute atomic E-state index is 10.3. The number of aromatic amines is 1. The number of thiol groups is 1. The molecule has 0 fully saturated rings. The maximum atomic E-state index is 10.3. The number of aromatic nitrogens is 2. The van der Waals surface area contributed by atoms with Crippen LogP contribution in [0.25, 0.3) is 0 Å². The Bertz CT molecular complexity index is 182. The second-order valence-electron chi connectivity index (χ2n) is 1.24. The van der Waals surface area contributed by atoms with E-state index in [0.29, 0.717) is 0 Å². The molecule has 0 saturated carbocycles. The molecule has 1 rings (SSSR count). The highest BCUT2D eigenvalue weighted by Crippen LogP contribution is 1.91. The highest BCUT2D eigenvalue weighted by atomic mass is 32.1. The molecule has 0 aliphatic rings. The molecule has 0 amide bonds. The molecule has 0 saturated heterocycles. The second-order valence-corrected chi connectivity index (χ2v) is 1.65. The van der Waals surface area contributed by atoms with Crippen LogP contribution in [0.1, 0.15) is 10.6 Å². The zero-order valence-electron chi connectivity index (χ0n) is 3.96. The van der Waals surface area contributed by atoms with Gasteiger partial charge < -0.3 is 4.98 Å². The van der Waals surface area contributed by atoms with Crippen molar-refractivity contribution in [3.8, 4) is 0 Å². The van der Waals surface area contributed by atoms with Crippen LogP contribution in [0.2, 0.25) is 0 Å². The van der Waals surface area contributed by atoms with Gasteiger partial charge in [-0.15, -0.1) is 0 Å². The molecule has 0 aliphatic heterocycles. The SMILES string of the molecule is O=C(S)c1ncc[nH]1. The Labute approximate surface area is 51.5 Å². The zero-order chi connectivity index (χ0) is 5.98. The van der Waals surface area contributed by atoms with Gasteiger partial charge in [-0.05, 0) is 0 Å². The minimum absolute atomic E-state index is 0.285. The summed E-state index contributed by atoms with van der Waals surface area (Å²) in [5, 5.41) is -0.338. The summed E-state index contributed by atoms with van der Waals surface area (Å²) in [7, 11) is 0. The van der Waals surface area contributed by atoms with E-state index in [0.717, 1.165) is 0 Å². The van der Waals surface area contributed by atoms with Crippen LogP contribution in [0.5, 0.6) is 0 Å².